The molecule has 0 radical (unpaired) electrons. The second-order valence-electron chi connectivity index (χ2n) is 4.37. The van der Waals surface area contributed by atoms with Crippen LogP contribution in [0.15, 0.2) is 24.3 Å². The summed E-state index contributed by atoms with van der Waals surface area (Å²) in [6.45, 7) is 4.78. The first-order chi connectivity index (χ1) is 9.51. The fourth-order valence-electron chi connectivity index (χ4n) is 1.69. The van der Waals surface area contributed by atoms with Crippen LogP contribution in [0.3, 0.4) is 0 Å². The van der Waals surface area contributed by atoms with Gasteiger partial charge in [0.2, 0.25) is 0 Å². The van der Waals surface area contributed by atoms with E-state index < -0.39 is 5.97 Å². The number of carboxylic acid groups (broad SMARTS) is 1. The Kier molecular flexibility index (Phi) is 6.52. The van der Waals surface area contributed by atoms with Crippen LogP contribution < -0.4 is 10.6 Å². The van der Waals surface area contributed by atoms with E-state index in [0.717, 1.165) is 0 Å². The average molecular weight is 280 g/mol. The van der Waals surface area contributed by atoms with Crippen LogP contribution in [-0.4, -0.2) is 36.4 Å². The minimum atomic E-state index is -0.905. The van der Waals surface area contributed by atoms with Gasteiger partial charge in [-0.25, -0.2) is 4.79 Å². The topological polar surface area (TPSA) is 87.7 Å². The summed E-state index contributed by atoms with van der Waals surface area (Å²) in [5, 5.41) is 14.1. The molecule has 0 saturated carbocycles. The van der Waals surface area contributed by atoms with Crippen molar-refractivity contribution in [1.29, 1.82) is 0 Å². The van der Waals surface area contributed by atoms with Crippen LogP contribution in [-0.2, 0) is 16.0 Å². The normalized spacial score (nSPS) is 11.7. The average Bonchev–Trinajstić information content (AvgIpc) is 2.36. The van der Waals surface area contributed by atoms with Gasteiger partial charge in [0.1, 0.15) is 0 Å². The number of carbonyl (C=O) groups excluding carboxylic acids is 1. The summed E-state index contributed by atoms with van der Waals surface area (Å²) in [4.78, 5) is 22.3. The third-order valence-corrected chi connectivity index (χ3v) is 2.54. The van der Waals surface area contributed by atoms with E-state index >= 15 is 0 Å². The molecular formula is C14H20N2O4. The number of carboxylic acids is 1. The Balaban J connectivity index is 2.47. The van der Waals surface area contributed by atoms with Gasteiger partial charge in [0.15, 0.2) is 0 Å². The van der Waals surface area contributed by atoms with E-state index in [9.17, 15) is 9.59 Å². The number of carbonyl (C=O) groups is 2. The molecule has 6 heteroatoms. The van der Waals surface area contributed by atoms with Crippen molar-refractivity contribution in [3.8, 4) is 0 Å². The fourth-order valence-corrected chi connectivity index (χ4v) is 1.69. The molecule has 20 heavy (non-hydrogen) atoms. The monoisotopic (exact) mass is 280 g/mol. The predicted molar refractivity (Wildman–Crippen MR) is 75.9 cm³/mol. The van der Waals surface area contributed by atoms with Crippen LogP contribution in [0.5, 0.6) is 0 Å². The van der Waals surface area contributed by atoms with Gasteiger partial charge in [-0.05, 0) is 31.5 Å². The molecule has 0 aliphatic heterocycles. The highest BCUT2D eigenvalue weighted by Gasteiger charge is 2.06. The molecule has 0 fully saturated rings. The number of nitrogens with one attached hydrogen (secondary N) is 2. The van der Waals surface area contributed by atoms with E-state index in [0.29, 0.717) is 24.4 Å². The van der Waals surface area contributed by atoms with Crippen molar-refractivity contribution in [2.75, 3.05) is 18.5 Å². The zero-order chi connectivity index (χ0) is 15.0. The van der Waals surface area contributed by atoms with Gasteiger partial charge >= 0.3 is 12.0 Å². The van der Waals surface area contributed by atoms with E-state index in [1.165, 1.54) is 0 Å². The molecular weight excluding hydrogens is 260 g/mol. The van der Waals surface area contributed by atoms with E-state index in [4.69, 9.17) is 9.84 Å². The van der Waals surface area contributed by atoms with Crippen LogP contribution in [0, 0.1) is 0 Å². The molecule has 0 spiro atoms. The lowest BCUT2D eigenvalue weighted by Crippen LogP contribution is -2.35. The molecule has 1 atom stereocenters. The Bertz CT molecular complexity index is 462. The molecule has 110 valence electrons. The molecule has 3 N–H and O–H groups in total. The summed E-state index contributed by atoms with van der Waals surface area (Å²) in [6.07, 6.45) is -0.123. The van der Waals surface area contributed by atoms with Gasteiger partial charge in [0.25, 0.3) is 0 Å². The molecule has 0 heterocycles. The number of ether oxygens (including phenoxy) is 1. The molecule has 1 aromatic rings. The van der Waals surface area contributed by atoms with Gasteiger partial charge in [0.05, 0.1) is 12.5 Å². The molecule has 6 nitrogen and oxygen atoms in total. The molecule has 0 aliphatic carbocycles. The summed E-state index contributed by atoms with van der Waals surface area (Å²) >= 11 is 0. The number of urea groups is 1. The number of hydrogen-bond donors (Lipinski definition) is 3. The van der Waals surface area contributed by atoms with E-state index in [1.54, 1.807) is 24.3 Å². The van der Waals surface area contributed by atoms with Crippen LogP contribution in [0.25, 0.3) is 0 Å². The first kappa shape index (κ1) is 16.0. The number of hydrogen-bond acceptors (Lipinski definition) is 3. The van der Waals surface area contributed by atoms with Crippen LogP contribution in [0.4, 0.5) is 10.5 Å². The van der Waals surface area contributed by atoms with Crippen molar-refractivity contribution in [2.45, 2.75) is 26.4 Å². The molecule has 0 aromatic heterocycles. The van der Waals surface area contributed by atoms with Crippen molar-refractivity contribution < 1.29 is 19.4 Å². The maximum absolute atomic E-state index is 11.7. The Morgan fingerprint density at radius 2 is 2.15 bits per heavy atom. The maximum atomic E-state index is 11.7. The lowest BCUT2D eigenvalue weighted by molar-refractivity contribution is -0.136. The maximum Gasteiger partial charge on any atom is 0.319 e. The zero-order valence-electron chi connectivity index (χ0n) is 11.7. The molecule has 0 aliphatic rings. The predicted octanol–water partition coefficient (Wildman–Crippen LogP) is 1.86. The number of rotatable bonds is 7. The summed E-state index contributed by atoms with van der Waals surface area (Å²) in [5.74, 6) is -0.905. The highest BCUT2D eigenvalue weighted by Crippen LogP contribution is 2.11. The first-order valence-electron chi connectivity index (χ1n) is 6.48. The molecule has 0 bridgehead atoms. The molecule has 2 amide bonds. The summed E-state index contributed by atoms with van der Waals surface area (Å²) in [7, 11) is 0. The highest BCUT2D eigenvalue weighted by atomic mass is 16.5. The fraction of sp³-hybridized carbons (Fsp3) is 0.429. The lowest BCUT2D eigenvalue weighted by atomic mass is 10.1. The summed E-state index contributed by atoms with van der Waals surface area (Å²) in [5.41, 5.74) is 1.20. The molecule has 0 saturated heterocycles. The van der Waals surface area contributed by atoms with Crippen molar-refractivity contribution >= 4 is 17.7 Å². The van der Waals surface area contributed by atoms with Crippen LogP contribution >= 0.6 is 0 Å². The van der Waals surface area contributed by atoms with E-state index in [1.807, 2.05) is 13.8 Å². The van der Waals surface area contributed by atoms with Gasteiger partial charge in [0, 0.05) is 18.8 Å². The molecule has 1 rings (SSSR count). The number of anilines is 1. The Morgan fingerprint density at radius 3 is 2.80 bits per heavy atom. The van der Waals surface area contributed by atoms with Gasteiger partial charge in [-0.3, -0.25) is 4.79 Å². The Labute approximate surface area is 118 Å². The van der Waals surface area contributed by atoms with E-state index in [-0.39, 0.29) is 18.6 Å². The molecule has 1 aromatic carbocycles. The SMILES string of the molecule is CCOC(C)CNC(=O)Nc1cccc(CC(=O)O)c1. The van der Waals surface area contributed by atoms with Gasteiger partial charge in [-0.2, -0.15) is 0 Å². The van der Waals surface area contributed by atoms with Crippen molar-refractivity contribution in [3.63, 3.8) is 0 Å². The smallest absolute Gasteiger partial charge is 0.319 e. The van der Waals surface area contributed by atoms with Crippen molar-refractivity contribution in [1.82, 2.24) is 5.32 Å². The minimum absolute atomic E-state index is 0.0518. The third kappa shape index (κ3) is 6.19. The lowest BCUT2D eigenvalue weighted by Gasteiger charge is -2.13. The standard InChI is InChI=1S/C14H20N2O4/c1-3-20-10(2)9-15-14(19)16-12-6-4-5-11(7-12)8-13(17)18/h4-7,10H,3,8-9H2,1-2H3,(H,17,18)(H2,15,16,19). The Hall–Kier alpha value is -2.08. The first-order valence-corrected chi connectivity index (χ1v) is 6.48. The Morgan fingerprint density at radius 1 is 1.40 bits per heavy atom. The summed E-state index contributed by atoms with van der Waals surface area (Å²) < 4.78 is 5.30. The molecule has 1 unspecified atom stereocenters. The van der Waals surface area contributed by atoms with E-state index in [2.05, 4.69) is 10.6 Å². The van der Waals surface area contributed by atoms with Crippen molar-refractivity contribution in [2.24, 2.45) is 0 Å². The number of aliphatic carboxylic acids is 1. The van der Waals surface area contributed by atoms with Crippen LogP contribution in [0.1, 0.15) is 19.4 Å². The highest BCUT2D eigenvalue weighted by molar-refractivity contribution is 5.89. The van der Waals surface area contributed by atoms with Crippen LogP contribution in [0.2, 0.25) is 0 Å². The third-order valence-electron chi connectivity index (χ3n) is 2.54. The van der Waals surface area contributed by atoms with Crippen molar-refractivity contribution in [3.05, 3.63) is 29.8 Å². The summed E-state index contributed by atoms with van der Waals surface area (Å²) in [6, 6.07) is 6.41. The van der Waals surface area contributed by atoms with Gasteiger partial charge in [-0.15, -0.1) is 0 Å². The largest absolute Gasteiger partial charge is 0.481 e. The second-order valence-corrected chi connectivity index (χ2v) is 4.37. The zero-order valence-corrected chi connectivity index (χ0v) is 11.7. The second kappa shape index (κ2) is 8.16. The van der Waals surface area contributed by atoms with Gasteiger partial charge in [-0.1, -0.05) is 12.1 Å². The quantitative estimate of drug-likeness (QED) is 0.711. The minimum Gasteiger partial charge on any atom is -0.481 e. The van der Waals surface area contributed by atoms with Gasteiger partial charge < -0.3 is 20.5 Å². The number of benzene rings is 1. The number of amides is 2.